The Morgan fingerprint density at radius 1 is 1.12 bits per heavy atom. The summed E-state index contributed by atoms with van der Waals surface area (Å²) < 4.78 is 0. The second-order valence-electron chi connectivity index (χ2n) is 7.20. The lowest BCUT2D eigenvalue weighted by Crippen LogP contribution is -2.39. The minimum absolute atomic E-state index is 0.0412. The smallest absolute Gasteiger partial charge is 0.276 e. The Morgan fingerprint density at radius 2 is 2.04 bits per heavy atom. The summed E-state index contributed by atoms with van der Waals surface area (Å²) in [6.45, 7) is 1.58. The van der Waals surface area contributed by atoms with Crippen LogP contribution in [0.1, 0.15) is 75.7 Å². The average molecular weight is 343 g/mol. The number of rotatable bonds is 3. The molecule has 0 bridgehead atoms. The fourth-order valence-electron chi connectivity index (χ4n) is 3.94. The molecule has 2 aromatic rings. The van der Waals surface area contributed by atoms with Crippen LogP contribution in [0.4, 0.5) is 0 Å². The van der Waals surface area contributed by atoms with Crippen molar-refractivity contribution in [2.75, 3.05) is 13.1 Å². The lowest BCUT2D eigenvalue weighted by atomic mass is 9.98. The molecule has 3 heterocycles. The second-order valence-corrected chi connectivity index (χ2v) is 8.31. The van der Waals surface area contributed by atoms with E-state index in [4.69, 9.17) is 4.98 Å². The molecular weight excluding hydrogens is 322 g/mol. The maximum absolute atomic E-state index is 12.9. The second kappa shape index (κ2) is 5.65. The first kappa shape index (κ1) is 14.6. The molecule has 2 fully saturated rings. The maximum atomic E-state index is 12.9. The van der Waals surface area contributed by atoms with E-state index in [9.17, 15) is 4.79 Å². The summed E-state index contributed by atoms with van der Waals surface area (Å²) in [5.41, 5.74) is 2.72. The lowest BCUT2D eigenvalue weighted by Gasteiger charge is -2.31. The number of aryl methyl sites for hydroxylation is 2. The summed E-state index contributed by atoms with van der Waals surface area (Å²) in [5, 5.41) is 12.2. The summed E-state index contributed by atoms with van der Waals surface area (Å²) in [5.74, 6) is 0.860. The number of nitrogens with zero attached hydrogens (tertiary/aromatic N) is 4. The SMILES string of the molecule is O=C(c1n[nH]nc1C1CC1)N1CCCC(c2nc3c(s2)CCC3)C1. The van der Waals surface area contributed by atoms with E-state index in [-0.39, 0.29) is 5.91 Å². The van der Waals surface area contributed by atoms with Gasteiger partial charge in [0.05, 0.1) is 16.4 Å². The van der Waals surface area contributed by atoms with Gasteiger partial charge in [-0.15, -0.1) is 11.3 Å². The Bertz CT molecular complexity index is 756. The van der Waals surface area contributed by atoms with Gasteiger partial charge < -0.3 is 4.90 Å². The molecule has 1 atom stereocenters. The van der Waals surface area contributed by atoms with E-state index in [1.807, 2.05) is 16.2 Å². The van der Waals surface area contributed by atoms with Crippen LogP contribution in [0.5, 0.6) is 0 Å². The Balaban J connectivity index is 1.34. The lowest BCUT2D eigenvalue weighted by molar-refractivity contribution is 0.0699. The van der Waals surface area contributed by atoms with E-state index in [0.717, 1.165) is 50.9 Å². The van der Waals surface area contributed by atoms with Gasteiger partial charge in [-0.05, 0) is 44.9 Å². The van der Waals surface area contributed by atoms with Crippen LogP contribution >= 0.6 is 11.3 Å². The molecule has 1 saturated heterocycles. The molecule has 126 valence electrons. The van der Waals surface area contributed by atoms with Gasteiger partial charge in [0, 0.05) is 29.8 Å². The van der Waals surface area contributed by atoms with Crippen molar-refractivity contribution in [2.24, 2.45) is 0 Å². The van der Waals surface area contributed by atoms with Gasteiger partial charge in [-0.1, -0.05) is 0 Å². The van der Waals surface area contributed by atoms with Crippen molar-refractivity contribution in [3.05, 3.63) is 27.0 Å². The van der Waals surface area contributed by atoms with Crippen LogP contribution in [-0.4, -0.2) is 44.3 Å². The highest BCUT2D eigenvalue weighted by Crippen LogP contribution is 2.40. The predicted octanol–water partition coefficient (Wildman–Crippen LogP) is 2.65. The number of carbonyl (C=O) groups is 1. The van der Waals surface area contributed by atoms with Crippen LogP contribution in [-0.2, 0) is 12.8 Å². The van der Waals surface area contributed by atoms with Crippen molar-refractivity contribution in [2.45, 2.75) is 56.8 Å². The number of carbonyl (C=O) groups excluding carboxylic acids is 1. The highest BCUT2D eigenvalue weighted by molar-refractivity contribution is 7.11. The molecular formula is C17H21N5OS. The fourth-order valence-corrected chi connectivity index (χ4v) is 5.22. The third-order valence-corrected chi connectivity index (χ3v) is 6.73. The summed E-state index contributed by atoms with van der Waals surface area (Å²) in [6, 6.07) is 0. The number of nitrogens with one attached hydrogen (secondary N) is 1. The van der Waals surface area contributed by atoms with Crippen molar-refractivity contribution < 1.29 is 4.79 Å². The van der Waals surface area contributed by atoms with Gasteiger partial charge in [0.25, 0.3) is 5.91 Å². The number of aromatic nitrogens is 4. The number of hydrogen-bond donors (Lipinski definition) is 1. The minimum Gasteiger partial charge on any atom is -0.336 e. The minimum atomic E-state index is 0.0412. The molecule has 1 N–H and O–H groups in total. The molecule has 7 heteroatoms. The van der Waals surface area contributed by atoms with Crippen LogP contribution < -0.4 is 0 Å². The largest absolute Gasteiger partial charge is 0.336 e. The van der Waals surface area contributed by atoms with Crippen molar-refractivity contribution in [3.8, 4) is 0 Å². The zero-order chi connectivity index (χ0) is 16.1. The molecule has 5 rings (SSSR count). The number of fused-ring (bicyclic) bond motifs is 1. The molecule has 6 nitrogen and oxygen atoms in total. The van der Waals surface area contributed by atoms with Crippen molar-refractivity contribution in [3.63, 3.8) is 0 Å². The number of amides is 1. The summed E-state index contributed by atoms with van der Waals surface area (Å²) >= 11 is 1.87. The normalized spacial score (nSPS) is 23.5. The van der Waals surface area contributed by atoms with Gasteiger partial charge in [0.1, 0.15) is 0 Å². The molecule has 1 unspecified atom stereocenters. The molecule has 2 aromatic heterocycles. The maximum Gasteiger partial charge on any atom is 0.276 e. The first-order valence-corrected chi connectivity index (χ1v) is 9.79. The van der Waals surface area contributed by atoms with Gasteiger partial charge in [-0.3, -0.25) is 4.79 Å². The number of H-pyrrole nitrogens is 1. The molecule has 0 radical (unpaired) electrons. The number of hydrogen-bond acceptors (Lipinski definition) is 5. The first-order valence-electron chi connectivity index (χ1n) is 8.98. The average Bonchev–Trinajstić information content (AvgIpc) is 3.00. The highest BCUT2D eigenvalue weighted by Gasteiger charge is 2.35. The van der Waals surface area contributed by atoms with E-state index < -0.39 is 0 Å². The number of thiazole rings is 1. The zero-order valence-electron chi connectivity index (χ0n) is 13.6. The molecule has 1 aliphatic heterocycles. The van der Waals surface area contributed by atoms with Gasteiger partial charge in [0.2, 0.25) is 0 Å². The van der Waals surface area contributed by atoms with Crippen molar-refractivity contribution in [1.82, 2.24) is 25.3 Å². The summed E-state index contributed by atoms with van der Waals surface area (Å²) in [7, 11) is 0. The zero-order valence-corrected chi connectivity index (χ0v) is 14.4. The molecule has 1 amide bonds. The van der Waals surface area contributed by atoms with Gasteiger partial charge in [-0.25, -0.2) is 4.98 Å². The fraction of sp³-hybridized carbons (Fsp3) is 0.647. The van der Waals surface area contributed by atoms with Crippen LogP contribution in [0.2, 0.25) is 0 Å². The third-order valence-electron chi connectivity index (χ3n) is 5.41. The first-order chi connectivity index (χ1) is 11.8. The van der Waals surface area contributed by atoms with E-state index >= 15 is 0 Å². The van der Waals surface area contributed by atoms with E-state index in [1.165, 1.54) is 28.4 Å². The molecule has 0 aromatic carbocycles. The van der Waals surface area contributed by atoms with Crippen molar-refractivity contribution in [1.29, 1.82) is 0 Å². The van der Waals surface area contributed by atoms with E-state index in [1.54, 1.807) is 0 Å². The Morgan fingerprint density at radius 3 is 2.88 bits per heavy atom. The number of aromatic amines is 1. The summed E-state index contributed by atoms with van der Waals surface area (Å²) in [4.78, 5) is 21.2. The van der Waals surface area contributed by atoms with Crippen LogP contribution in [0, 0.1) is 0 Å². The quantitative estimate of drug-likeness (QED) is 0.930. The highest BCUT2D eigenvalue weighted by atomic mass is 32.1. The number of piperidine rings is 1. The number of likely N-dealkylation sites (tertiary alicyclic amines) is 1. The van der Waals surface area contributed by atoms with Gasteiger partial charge in [0.15, 0.2) is 5.69 Å². The molecule has 24 heavy (non-hydrogen) atoms. The van der Waals surface area contributed by atoms with Gasteiger partial charge >= 0.3 is 0 Å². The van der Waals surface area contributed by atoms with Crippen LogP contribution in [0.3, 0.4) is 0 Å². The monoisotopic (exact) mass is 343 g/mol. The molecule has 2 aliphatic carbocycles. The topological polar surface area (TPSA) is 74.8 Å². The predicted molar refractivity (Wildman–Crippen MR) is 90.4 cm³/mol. The standard InChI is InChI=1S/C17H21N5OS/c23-17(15-14(10-6-7-10)19-21-20-15)22-8-2-3-11(9-22)16-18-12-4-1-5-13(12)24-16/h10-11H,1-9H2,(H,19,20,21). The van der Waals surface area contributed by atoms with E-state index in [0.29, 0.717) is 17.5 Å². The Hall–Kier alpha value is -1.76. The Kier molecular flexibility index (Phi) is 3.43. The molecule has 0 spiro atoms. The molecule has 3 aliphatic rings. The van der Waals surface area contributed by atoms with Crippen LogP contribution in [0.15, 0.2) is 0 Å². The molecule has 1 saturated carbocycles. The Labute approximate surface area is 144 Å². The van der Waals surface area contributed by atoms with Crippen LogP contribution in [0.25, 0.3) is 0 Å². The van der Waals surface area contributed by atoms with E-state index in [2.05, 4.69) is 15.4 Å². The summed E-state index contributed by atoms with van der Waals surface area (Å²) in [6.07, 6.45) is 7.98. The van der Waals surface area contributed by atoms with Crippen molar-refractivity contribution >= 4 is 17.2 Å². The van der Waals surface area contributed by atoms with Gasteiger partial charge in [-0.2, -0.15) is 15.4 Å². The third kappa shape index (κ3) is 2.46.